The van der Waals surface area contributed by atoms with Gasteiger partial charge in [-0.25, -0.2) is 4.98 Å². The van der Waals surface area contributed by atoms with Crippen molar-refractivity contribution in [3.05, 3.63) is 12.2 Å². The molecule has 11 heavy (non-hydrogen) atoms. The molecule has 0 radical (unpaired) electrons. The number of H-pyrrole nitrogens is 1. The fraction of sp³-hybridized carbons (Fsp3) is 0.714. The first kappa shape index (κ1) is 6.79. The topological polar surface area (TPSA) is 53.6 Å². The van der Waals surface area contributed by atoms with Gasteiger partial charge in [0.2, 0.25) is 0 Å². The first-order valence-corrected chi connectivity index (χ1v) is 4.05. The average molecular weight is 152 g/mol. The number of nitrogens with one attached hydrogen (secondary N) is 2. The minimum atomic E-state index is 0.409. The third kappa shape index (κ3) is 1.40. The van der Waals surface area contributed by atoms with E-state index in [1.54, 1.807) is 6.33 Å². The molecule has 1 aromatic rings. The Labute approximate surface area is 65.4 Å². The van der Waals surface area contributed by atoms with E-state index < -0.39 is 0 Å². The molecule has 0 saturated carbocycles. The highest BCUT2D eigenvalue weighted by Crippen LogP contribution is 2.18. The maximum Gasteiger partial charge on any atom is 0.141 e. The highest BCUT2D eigenvalue weighted by molar-refractivity contribution is 4.92. The van der Waals surface area contributed by atoms with Gasteiger partial charge in [-0.05, 0) is 19.4 Å². The molecular formula is C7H12N4. The maximum absolute atomic E-state index is 4.11. The molecule has 0 spiro atoms. The monoisotopic (exact) mass is 152 g/mol. The van der Waals surface area contributed by atoms with Gasteiger partial charge in [0.05, 0.1) is 6.04 Å². The summed E-state index contributed by atoms with van der Waals surface area (Å²) in [6, 6.07) is 0.409. The summed E-state index contributed by atoms with van der Waals surface area (Å²) in [6.07, 6.45) is 5.31. The van der Waals surface area contributed by atoms with Crippen LogP contribution in [0, 0.1) is 0 Å². The molecule has 1 aliphatic rings. The van der Waals surface area contributed by atoms with Crippen molar-refractivity contribution in [3.63, 3.8) is 0 Å². The molecule has 2 rings (SSSR count). The molecule has 0 unspecified atom stereocenters. The Morgan fingerprint density at radius 3 is 3.09 bits per heavy atom. The standard InChI is InChI=1S/C7H12N4/c1-2-4-8-6(3-1)7-9-5-10-11-7/h5-6,8H,1-4H2,(H,9,10,11)/t6-/m0/s1. The van der Waals surface area contributed by atoms with Gasteiger partial charge < -0.3 is 5.32 Å². The van der Waals surface area contributed by atoms with Gasteiger partial charge in [0.1, 0.15) is 12.2 Å². The number of rotatable bonds is 1. The largest absolute Gasteiger partial charge is 0.307 e. The Balaban J connectivity index is 2.04. The molecule has 1 fully saturated rings. The quantitative estimate of drug-likeness (QED) is 0.620. The summed E-state index contributed by atoms with van der Waals surface area (Å²) >= 11 is 0. The number of piperidine rings is 1. The van der Waals surface area contributed by atoms with Crippen LogP contribution in [0.4, 0.5) is 0 Å². The van der Waals surface area contributed by atoms with E-state index in [4.69, 9.17) is 0 Å². The average Bonchev–Trinajstić information content (AvgIpc) is 2.58. The second-order valence-electron chi connectivity index (χ2n) is 2.87. The van der Waals surface area contributed by atoms with Crippen LogP contribution in [0.15, 0.2) is 6.33 Å². The van der Waals surface area contributed by atoms with Crippen molar-refractivity contribution in [2.24, 2.45) is 0 Å². The first-order valence-electron chi connectivity index (χ1n) is 4.05. The lowest BCUT2D eigenvalue weighted by Gasteiger charge is -2.20. The molecule has 1 saturated heterocycles. The predicted octanol–water partition coefficient (Wildman–Crippen LogP) is 0.619. The van der Waals surface area contributed by atoms with E-state index in [0.29, 0.717) is 6.04 Å². The summed E-state index contributed by atoms with van der Waals surface area (Å²) in [4.78, 5) is 4.11. The smallest absolute Gasteiger partial charge is 0.141 e. The Morgan fingerprint density at radius 2 is 2.45 bits per heavy atom. The Hall–Kier alpha value is -0.900. The third-order valence-corrected chi connectivity index (χ3v) is 2.07. The van der Waals surface area contributed by atoms with E-state index >= 15 is 0 Å². The number of hydrogen-bond acceptors (Lipinski definition) is 3. The number of aromatic nitrogens is 3. The van der Waals surface area contributed by atoms with Crippen LogP contribution in [-0.4, -0.2) is 21.7 Å². The van der Waals surface area contributed by atoms with Crippen LogP contribution >= 0.6 is 0 Å². The van der Waals surface area contributed by atoms with Crippen LogP contribution in [0.2, 0.25) is 0 Å². The molecular weight excluding hydrogens is 140 g/mol. The number of hydrogen-bond donors (Lipinski definition) is 2. The van der Waals surface area contributed by atoms with E-state index in [2.05, 4.69) is 20.5 Å². The van der Waals surface area contributed by atoms with Crippen LogP contribution in [0.5, 0.6) is 0 Å². The fourth-order valence-electron chi connectivity index (χ4n) is 1.47. The van der Waals surface area contributed by atoms with Crippen molar-refractivity contribution in [2.75, 3.05) is 6.54 Å². The van der Waals surface area contributed by atoms with Gasteiger partial charge in [0.25, 0.3) is 0 Å². The summed E-state index contributed by atoms with van der Waals surface area (Å²) < 4.78 is 0. The molecule has 0 aliphatic carbocycles. The number of nitrogens with zero attached hydrogens (tertiary/aromatic N) is 2. The van der Waals surface area contributed by atoms with E-state index in [0.717, 1.165) is 12.4 Å². The van der Waals surface area contributed by atoms with Gasteiger partial charge in [-0.15, -0.1) is 0 Å². The van der Waals surface area contributed by atoms with E-state index in [1.165, 1.54) is 19.3 Å². The number of aromatic amines is 1. The summed E-state index contributed by atoms with van der Waals surface area (Å²) in [5, 5.41) is 10.1. The van der Waals surface area contributed by atoms with Gasteiger partial charge in [0, 0.05) is 0 Å². The fourth-order valence-corrected chi connectivity index (χ4v) is 1.47. The lowest BCUT2D eigenvalue weighted by atomic mass is 10.1. The van der Waals surface area contributed by atoms with Crippen molar-refractivity contribution < 1.29 is 0 Å². The second kappa shape index (κ2) is 3.00. The summed E-state index contributed by atoms with van der Waals surface area (Å²) in [6.45, 7) is 1.10. The van der Waals surface area contributed by atoms with E-state index in [1.807, 2.05) is 0 Å². The molecule has 2 N–H and O–H groups in total. The van der Waals surface area contributed by atoms with Crippen LogP contribution in [-0.2, 0) is 0 Å². The highest BCUT2D eigenvalue weighted by Gasteiger charge is 2.16. The van der Waals surface area contributed by atoms with Gasteiger partial charge >= 0.3 is 0 Å². The molecule has 0 amide bonds. The molecule has 0 bridgehead atoms. The van der Waals surface area contributed by atoms with Crippen LogP contribution < -0.4 is 5.32 Å². The van der Waals surface area contributed by atoms with Crippen LogP contribution in [0.1, 0.15) is 31.1 Å². The molecule has 2 heterocycles. The normalized spacial score (nSPS) is 25.3. The van der Waals surface area contributed by atoms with Crippen molar-refractivity contribution in [1.82, 2.24) is 20.5 Å². The van der Waals surface area contributed by atoms with Gasteiger partial charge in [-0.3, -0.25) is 5.10 Å². The lowest BCUT2D eigenvalue weighted by molar-refractivity contribution is 0.398. The molecule has 4 heteroatoms. The highest BCUT2D eigenvalue weighted by atomic mass is 15.2. The minimum absolute atomic E-state index is 0.409. The van der Waals surface area contributed by atoms with Crippen molar-refractivity contribution >= 4 is 0 Å². The van der Waals surface area contributed by atoms with E-state index in [9.17, 15) is 0 Å². The SMILES string of the molecule is c1n[nH]c([C@@H]2CCCCN2)n1. The van der Waals surface area contributed by atoms with Gasteiger partial charge in [-0.2, -0.15) is 5.10 Å². The molecule has 1 atom stereocenters. The van der Waals surface area contributed by atoms with Gasteiger partial charge in [0.15, 0.2) is 0 Å². The van der Waals surface area contributed by atoms with Crippen molar-refractivity contribution in [1.29, 1.82) is 0 Å². The second-order valence-corrected chi connectivity index (χ2v) is 2.87. The molecule has 1 aromatic heterocycles. The zero-order valence-corrected chi connectivity index (χ0v) is 6.38. The van der Waals surface area contributed by atoms with Crippen LogP contribution in [0.3, 0.4) is 0 Å². The Bertz CT molecular complexity index is 200. The van der Waals surface area contributed by atoms with Crippen LogP contribution in [0.25, 0.3) is 0 Å². The molecule has 4 nitrogen and oxygen atoms in total. The molecule has 0 aromatic carbocycles. The Morgan fingerprint density at radius 1 is 1.45 bits per heavy atom. The first-order chi connectivity index (χ1) is 5.47. The van der Waals surface area contributed by atoms with E-state index in [-0.39, 0.29) is 0 Å². The van der Waals surface area contributed by atoms with Gasteiger partial charge in [-0.1, -0.05) is 6.42 Å². The van der Waals surface area contributed by atoms with Crippen molar-refractivity contribution in [2.45, 2.75) is 25.3 Å². The molecule has 1 aliphatic heterocycles. The molecule has 60 valence electrons. The lowest BCUT2D eigenvalue weighted by Crippen LogP contribution is -2.27. The summed E-state index contributed by atoms with van der Waals surface area (Å²) in [5.74, 6) is 0.977. The minimum Gasteiger partial charge on any atom is -0.307 e. The van der Waals surface area contributed by atoms with Crippen molar-refractivity contribution in [3.8, 4) is 0 Å². The zero-order valence-electron chi connectivity index (χ0n) is 6.38. The summed E-state index contributed by atoms with van der Waals surface area (Å²) in [7, 11) is 0. The zero-order chi connectivity index (χ0) is 7.52. The summed E-state index contributed by atoms with van der Waals surface area (Å²) in [5.41, 5.74) is 0. The maximum atomic E-state index is 4.11. The Kier molecular flexibility index (Phi) is 1.85. The predicted molar refractivity (Wildman–Crippen MR) is 41.0 cm³/mol. The third-order valence-electron chi connectivity index (χ3n) is 2.07.